The molecule has 9 heteroatoms. The minimum Gasteiger partial charge on any atom is -0.491 e. The molecule has 222 valence electrons. The number of benzene rings is 3. The summed E-state index contributed by atoms with van der Waals surface area (Å²) in [6.45, 7) is 12.5. The van der Waals surface area contributed by atoms with Crippen LogP contribution in [0.15, 0.2) is 54.6 Å². The number of rotatable bonds is 9. The molecule has 1 aliphatic heterocycles. The zero-order chi connectivity index (χ0) is 29.8. The Morgan fingerprint density at radius 1 is 1.00 bits per heavy atom. The Labute approximate surface area is 256 Å². The molecule has 0 bridgehead atoms. The van der Waals surface area contributed by atoms with Gasteiger partial charge in [-0.05, 0) is 74.8 Å². The number of likely N-dealkylation sites (N-methyl/N-ethyl adjacent to an activating group) is 1. The number of amides is 1. The Morgan fingerprint density at radius 3 is 2.40 bits per heavy atom. The lowest BCUT2D eigenvalue weighted by Gasteiger charge is -2.32. The first-order valence-electron chi connectivity index (χ1n) is 14.4. The van der Waals surface area contributed by atoms with Crippen LogP contribution >= 0.6 is 22.9 Å². The van der Waals surface area contributed by atoms with Crippen LogP contribution in [0.5, 0.6) is 11.5 Å². The smallest absolute Gasteiger partial charge is 0.415 e. The molecule has 1 fully saturated rings. The third kappa shape index (κ3) is 6.42. The van der Waals surface area contributed by atoms with E-state index in [0.29, 0.717) is 36.2 Å². The van der Waals surface area contributed by atoms with Crippen molar-refractivity contribution in [3.63, 3.8) is 0 Å². The zero-order valence-electron chi connectivity index (χ0n) is 24.6. The number of halogens is 2. The minimum atomic E-state index is -0.396. The van der Waals surface area contributed by atoms with Crippen molar-refractivity contribution in [3.8, 4) is 33.1 Å². The Kier molecular flexibility index (Phi) is 9.68. The van der Waals surface area contributed by atoms with Gasteiger partial charge < -0.3 is 19.3 Å². The molecule has 3 aromatic carbocycles. The fourth-order valence-corrected chi connectivity index (χ4v) is 6.76. The zero-order valence-corrected chi connectivity index (χ0v) is 26.2. The lowest BCUT2D eigenvalue weighted by atomic mass is 9.94. The van der Waals surface area contributed by atoms with Gasteiger partial charge in [0, 0.05) is 66.3 Å². The van der Waals surface area contributed by atoms with Crippen molar-refractivity contribution in [2.45, 2.75) is 20.8 Å². The lowest BCUT2D eigenvalue weighted by molar-refractivity contribution is 0.134. The van der Waals surface area contributed by atoms with E-state index in [1.54, 1.807) is 28.4 Å². The van der Waals surface area contributed by atoms with Crippen molar-refractivity contribution in [2.24, 2.45) is 0 Å². The second-order valence-corrected chi connectivity index (χ2v) is 12.0. The SMILES string of the molecule is CCN(CC)C(=O)Oc1cccc2sc(-c3ccc(F)cc3)c(-c3ccc(OCCN4CCN(C)CC4)c(Cl)c3C)c12. The summed E-state index contributed by atoms with van der Waals surface area (Å²) in [4.78, 5) is 20.3. The molecular weight excluding hydrogens is 573 g/mol. The fraction of sp³-hybridized carbons (Fsp3) is 0.364. The summed E-state index contributed by atoms with van der Waals surface area (Å²) in [7, 11) is 2.15. The summed E-state index contributed by atoms with van der Waals surface area (Å²) in [5.41, 5.74) is 3.54. The van der Waals surface area contributed by atoms with Crippen LogP contribution in [0, 0.1) is 12.7 Å². The summed E-state index contributed by atoms with van der Waals surface area (Å²) >= 11 is 8.52. The highest BCUT2D eigenvalue weighted by molar-refractivity contribution is 7.23. The average Bonchev–Trinajstić information content (AvgIpc) is 3.38. The number of hydrogen-bond donors (Lipinski definition) is 0. The van der Waals surface area contributed by atoms with Crippen molar-refractivity contribution in [1.82, 2.24) is 14.7 Å². The first-order valence-corrected chi connectivity index (χ1v) is 15.6. The molecule has 0 aliphatic carbocycles. The van der Waals surface area contributed by atoms with E-state index < -0.39 is 6.09 Å². The fourth-order valence-electron chi connectivity index (χ4n) is 5.30. The minimum absolute atomic E-state index is 0.299. The summed E-state index contributed by atoms with van der Waals surface area (Å²) in [6, 6.07) is 16.1. The molecule has 0 spiro atoms. The number of thiophene rings is 1. The van der Waals surface area contributed by atoms with Gasteiger partial charge in [-0.25, -0.2) is 9.18 Å². The van der Waals surface area contributed by atoms with E-state index in [4.69, 9.17) is 21.1 Å². The molecule has 0 N–H and O–H groups in total. The normalized spacial score (nSPS) is 14.3. The Bertz CT molecular complexity index is 1550. The topological polar surface area (TPSA) is 45.3 Å². The van der Waals surface area contributed by atoms with Gasteiger partial charge in [0.1, 0.15) is 23.9 Å². The van der Waals surface area contributed by atoms with Gasteiger partial charge in [-0.2, -0.15) is 0 Å². The molecule has 1 aliphatic rings. The highest BCUT2D eigenvalue weighted by atomic mass is 35.5. The third-order valence-corrected chi connectivity index (χ3v) is 9.56. The maximum atomic E-state index is 13.9. The maximum absolute atomic E-state index is 13.9. The van der Waals surface area contributed by atoms with Crippen molar-refractivity contribution in [3.05, 3.63) is 71.0 Å². The second kappa shape index (κ2) is 13.4. The average molecular weight is 610 g/mol. The Balaban J connectivity index is 1.54. The van der Waals surface area contributed by atoms with Gasteiger partial charge in [-0.3, -0.25) is 4.90 Å². The molecule has 1 amide bonds. The van der Waals surface area contributed by atoms with Gasteiger partial charge in [-0.15, -0.1) is 11.3 Å². The number of carbonyl (C=O) groups is 1. The highest BCUT2D eigenvalue weighted by Gasteiger charge is 2.24. The van der Waals surface area contributed by atoms with E-state index in [0.717, 1.165) is 69.9 Å². The van der Waals surface area contributed by atoms with Crippen LogP contribution in [0.2, 0.25) is 5.02 Å². The van der Waals surface area contributed by atoms with Gasteiger partial charge in [0.25, 0.3) is 0 Å². The number of piperazine rings is 1. The first kappa shape index (κ1) is 30.3. The van der Waals surface area contributed by atoms with Gasteiger partial charge in [0.2, 0.25) is 0 Å². The molecule has 5 rings (SSSR count). The van der Waals surface area contributed by atoms with Gasteiger partial charge >= 0.3 is 6.09 Å². The number of hydrogen-bond acceptors (Lipinski definition) is 6. The van der Waals surface area contributed by atoms with Gasteiger partial charge in [0.05, 0.1) is 5.02 Å². The molecule has 1 aromatic heterocycles. The van der Waals surface area contributed by atoms with E-state index >= 15 is 0 Å². The molecule has 0 radical (unpaired) electrons. The van der Waals surface area contributed by atoms with Gasteiger partial charge in [0.15, 0.2) is 0 Å². The van der Waals surface area contributed by atoms with Crippen LogP contribution in [0.4, 0.5) is 9.18 Å². The number of fused-ring (bicyclic) bond motifs is 1. The third-order valence-electron chi connectivity index (χ3n) is 7.88. The summed E-state index contributed by atoms with van der Waals surface area (Å²) in [5.74, 6) is 0.822. The number of nitrogens with zero attached hydrogens (tertiary/aromatic N) is 3. The highest BCUT2D eigenvalue weighted by Crippen LogP contribution is 2.50. The molecule has 0 unspecified atom stereocenters. The van der Waals surface area contributed by atoms with Crippen LogP contribution < -0.4 is 9.47 Å². The summed E-state index contributed by atoms with van der Waals surface area (Å²) in [5, 5.41) is 1.37. The summed E-state index contributed by atoms with van der Waals surface area (Å²) < 4.78 is 27.0. The van der Waals surface area contributed by atoms with E-state index in [1.807, 2.05) is 51.1 Å². The molecule has 2 heterocycles. The Morgan fingerprint density at radius 2 is 1.71 bits per heavy atom. The molecule has 42 heavy (non-hydrogen) atoms. The first-order chi connectivity index (χ1) is 20.3. The predicted molar refractivity (Wildman–Crippen MR) is 171 cm³/mol. The summed E-state index contributed by atoms with van der Waals surface area (Å²) in [6.07, 6.45) is -0.396. The lowest BCUT2D eigenvalue weighted by Crippen LogP contribution is -2.45. The largest absolute Gasteiger partial charge is 0.491 e. The van der Waals surface area contributed by atoms with Crippen molar-refractivity contribution >= 4 is 39.1 Å². The monoisotopic (exact) mass is 609 g/mol. The maximum Gasteiger partial charge on any atom is 0.415 e. The van der Waals surface area contributed by atoms with Crippen LogP contribution in [-0.4, -0.2) is 80.3 Å². The van der Waals surface area contributed by atoms with E-state index in [-0.39, 0.29) is 5.82 Å². The number of carbonyl (C=O) groups excluding carboxylic acids is 1. The van der Waals surface area contributed by atoms with Crippen molar-refractivity contribution < 1.29 is 18.7 Å². The van der Waals surface area contributed by atoms with E-state index in [2.05, 4.69) is 16.8 Å². The Hall–Kier alpha value is -3.17. The number of ether oxygens (including phenoxy) is 2. The molecule has 0 atom stereocenters. The van der Waals surface area contributed by atoms with Gasteiger partial charge in [-0.1, -0.05) is 35.9 Å². The van der Waals surface area contributed by atoms with Crippen molar-refractivity contribution in [1.29, 1.82) is 0 Å². The quantitative estimate of drug-likeness (QED) is 0.194. The standard InChI is InChI=1S/C33H37ClFN3O3S/c1-5-38(6-2)33(39)41-26-8-7-9-28-30(26)29(32(42-28)23-10-12-24(35)13-11-23)25-14-15-27(31(34)22(25)3)40-21-20-37-18-16-36(4)17-19-37/h7-15H,5-6,16-21H2,1-4H3. The molecule has 6 nitrogen and oxygen atoms in total. The molecule has 1 saturated heterocycles. The second-order valence-electron chi connectivity index (χ2n) is 10.5. The van der Waals surface area contributed by atoms with Crippen molar-refractivity contribution in [2.75, 3.05) is 59.5 Å². The molecule has 4 aromatic rings. The van der Waals surface area contributed by atoms with E-state index in [9.17, 15) is 9.18 Å². The van der Waals surface area contributed by atoms with E-state index in [1.165, 1.54) is 12.1 Å². The van der Waals surface area contributed by atoms with Crippen LogP contribution in [-0.2, 0) is 0 Å². The van der Waals surface area contributed by atoms with Crippen LogP contribution in [0.3, 0.4) is 0 Å². The molecular formula is C33H37ClFN3O3S. The predicted octanol–water partition coefficient (Wildman–Crippen LogP) is 7.80. The van der Waals surface area contributed by atoms with Crippen LogP contribution in [0.1, 0.15) is 19.4 Å². The molecule has 0 saturated carbocycles. The van der Waals surface area contributed by atoms with Crippen LogP contribution in [0.25, 0.3) is 31.7 Å².